The maximum atomic E-state index is 12.7. The lowest BCUT2D eigenvalue weighted by atomic mass is 9.97. The van der Waals surface area contributed by atoms with Gasteiger partial charge in [-0.3, -0.25) is 4.79 Å². The highest BCUT2D eigenvalue weighted by Crippen LogP contribution is 2.29. The molecule has 0 radical (unpaired) electrons. The van der Waals surface area contributed by atoms with Gasteiger partial charge in [-0.25, -0.2) is 4.98 Å². The van der Waals surface area contributed by atoms with Gasteiger partial charge >= 0.3 is 0 Å². The van der Waals surface area contributed by atoms with Crippen molar-refractivity contribution < 1.29 is 4.79 Å². The fourth-order valence-electron chi connectivity index (χ4n) is 4.11. The minimum absolute atomic E-state index is 0.141. The molecule has 0 amide bonds. The number of Topliss-reactive ketones (excluding diaryl/α,β-unsaturated/α-hetero) is 1. The van der Waals surface area contributed by atoms with E-state index in [9.17, 15) is 4.79 Å². The van der Waals surface area contributed by atoms with Gasteiger partial charge in [0.2, 0.25) is 0 Å². The van der Waals surface area contributed by atoms with Crippen LogP contribution in [0.15, 0.2) is 36.5 Å². The predicted molar refractivity (Wildman–Crippen MR) is 130 cm³/mol. The number of nitrogens with two attached hydrogens (primary N) is 1. The zero-order valence-corrected chi connectivity index (χ0v) is 19.4. The number of pyridine rings is 1. The van der Waals surface area contributed by atoms with Gasteiger partial charge in [-0.1, -0.05) is 29.8 Å². The standard InChI is InChI=1S/C24H29ClN4OS/c1-29-10-7-17(8-11-29)14-27-15-23-20(25)13-22(31-23)21(30)5-3-16-2-4-19-18(12-16)6-9-28-24(19)26/h2,4,6,9,12-13,17,27H,3,5,7-8,10-11,14-15H2,1H3,(H2,26,28). The lowest BCUT2D eigenvalue weighted by Crippen LogP contribution is -2.34. The Balaban J connectivity index is 1.30. The number of nitrogen functional groups attached to an aromatic ring is 1. The third kappa shape index (κ3) is 5.63. The van der Waals surface area contributed by atoms with E-state index >= 15 is 0 Å². The van der Waals surface area contributed by atoms with Crippen LogP contribution in [0.5, 0.6) is 0 Å². The number of nitrogens with zero attached hydrogens (tertiary/aromatic N) is 2. The Kier molecular flexibility index (Phi) is 7.23. The molecule has 164 valence electrons. The smallest absolute Gasteiger partial charge is 0.173 e. The summed E-state index contributed by atoms with van der Waals surface area (Å²) in [4.78, 5) is 21.0. The zero-order valence-electron chi connectivity index (χ0n) is 17.9. The highest BCUT2D eigenvalue weighted by Gasteiger charge is 2.17. The molecule has 0 unspecified atom stereocenters. The van der Waals surface area contributed by atoms with Gasteiger partial charge < -0.3 is 16.0 Å². The molecule has 3 N–H and O–H groups in total. The monoisotopic (exact) mass is 456 g/mol. The van der Waals surface area contributed by atoms with Gasteiger partial charge in [0.15, 0.2) is 5.78 Å². The topological polar surface area (TPSA) is 71.2 Å². The van der Waals surface area contributed by atoms with Gasteiger partial charge in [0.25, 0.3) is 0 Å². The second-order valence-electron chi connectivity index (χ2n) is 8.43. The molecule has 0 aliphatic carbocycles. The number of aromatic nitrogens is 1. The Morgan fingerprint density at radius 3 is 2.90 bits per heavy atom. The van der Waals surface area contributed by atoms with Crippen molar-refractivity contribution in [1.29, 1.82) is 0 Å². The quantitative estimate of drug-likeness (QED) is 0.477. The van der Waals surface area contributed by atoms with E-state index in [-0.39, 0.29) is 5.78 Å². The molecule has 1 aliphatic heterocycles. The van der Waals surface area contributed by atoms with E-state index in [0.717, 1.165) is 45.1 Å². The van der Waals surface area contributed by atoms with Crippen molar-refractivity contribution >= 4 is 45.3 Å². The van der Waals surface area contributed by atoms with Crippen molar-refractivity contribution in [3.05, 3.63) is 56.9 Å². The van der Waals surface area contributed by atoms with E-state index in [1.165, 1.54) is 37.3 Å². The molecular weight excluding hydrogens is 428 g/mol. The summed E-state index contributed by atoms with van der Waals surface area (Å²) in [5.41, 5.74) is 7.04. The van der Waals surface area contributed by atoms with Gasteiger partial charge in [-0.05, 0) is 74.9 Å². The van der Waals surface area contributed by atoms with Crippen molar-refractivity contribution in [2.24, 2.45) is 5.92 Å². The lowest BCUT2D eigenvalue weighted by Gasteiger charge is -2.29. The van der Waals surface area contributed by atoms with Crippen LogP contribution < -0.4 is 11.1 Å². The Hall–Kier alpha value is -1.99. The fourth-order valence-corrected chi connectivity index (χ4v) is 5.45. The third-order valence-electron chi connectivity index (χ3n) is 6.09. The van der Waals surface area contributed by atoms with Crippen LogP contribution in [-0.2, 0) is 13.0 Å². The van der Waals surface area contributed by atoms with Crippen molar-refractivity contribution in [3.8, 4) is 0 Å². The van der Waals surface area contributed by atoms with Crippen molar-refractivity contribution in [2.45, 2.75) is 32.2 Å². The number of aryl methyl sites for hydroxylation is 1. The number of anilines is 1. The summed E-state index contributed by atoms with van der Waals surface area (Å²) in [5.74, 6) is 1.40. The molecule has 3 aromatic rings. The van der Waals surface area contributed by atoms with E-state index in [2.05, 4.69) is 28.3 Å². The van der Waals surface area contributed by atoms with Crippen LogP contribution >= 0.6 is 22.9 Å². The average molecular weight is 457 g/mol. The summed E-state index contributed by atoms with van der Waals surface area (Å²) in [7, 11) is 2.18. The van der Waals surface area contributed by atoms with Crippen LogP contribution in [0.3, 0.4) is 0 Å². The molecule has 0 bridgehead atoms. The van der Waals surface area contributed by atoms with E-state index in [4.69, 9.17) is 17.3 Å². The number of likely N-dealkylation sites (tertiary alicyclic amines) is 1. The molecule has 0 spiro atoms. The maximum absolute atomic E-state index is 12.7. The number of ketones is 1. The summed E-state index contributed by atoms with van der Waals surface area (Å²) in [6, 6.07) is 9.86. The van der Waals surface area contributed by atoms with Crippen molar-refractivity contribution in [1.82, 2.24) is 15.2 Å². The summed E-state index contributed by atoms with van der Waals surface area (Å²) < 4.78 is 0. The average Bonchev–Trinajstić information content (AvgIpc) is 3.14. The lowest BCUT2D eigenvalue weighted by molar-refractivity contribution is 0.0986. The Morgan fingerprint density at radius 2 is 2.10 bits per heavy atom. The number of hydrogen-bond donors (Lipinski definition) is 2. The largest absolute Gasteiger partial charge is 0.383 e. The first-order chi connectivity index (χ1) is 15.0. The number of fused-ring (bicyclic) bond motifs is 1. The van der Waals surface area contributed by atoms with Gasteiger partial charge in [0.05, 0.1) is 9.90 Å². The Labute approximate surface area is 192 Å². The van der Waals surface area contributed by atoms with Crippen LogP contribution in [-0.4, -0.2) is 42.3 Å². The molecular formula is C24H29ClN4OS. The first-order valence-corrected chi connectivity index (χ1v) is 12.0. The van der Waals surface area contributed by atoms with Crippen molar-refractivity contribution in [2.75, 3.05) is 32.4 Å². The number of benzene rings is 1. The summed E-state index contributed by atoms with van der Waals surface area (Å²) in [6.45, 7) is 4.08. The number of piperidine rings is 1. The molecule has 3 heterocycles. The Bertz CT molecular complexity index is 1060. The highest BCUT2D eigenvalue weighted by molar-refractivity contribution is 7.14. The molecule has 0 saturated carbocycles. The van der Waals surface area contributed by atoms with Gasteiger partial charge in [-0.2, -0.15) is 0 Å². The number of carbonyl (C=O) groups excluding carboxylic acids is 1. The molecule has 4 rings (SSSR count). The van der Waals surface area contributed by atoms with Gasteiger partial charge in [0, 0.05) is 29.4 Å². The Morgan fingerprint density at radius 1 is 1.29 bits per heavy atom. The SMILES string of the molecule is CN1CCC(CNCc2sc(C(=O)CCc3ccc4c(N)nccc4c3)cc2Cl)CC1. The maximum Gasteiger partial charge on any atom is 0.173 e. The van der Waals surface area contributed by atoms with E-state index in [1.54, 1.807) is 6.20 Å². The number of halogens is 1. The zero-order chi connectivity index (χ0) is 21.8. The first-order valence-electron chi connectivity index (χ1n) is 10.8. The molecule has 1 saturated heterocycles. The van der Waals surface area contributed by atoms with Crippen LogP contribution in [0.2, 0.25) is 5.02 Å². The van der Waals surface area contributed by atoms with E-state index in [1.807, 2.05) is 24.3 Å². The van der Waals surface area contributed by atoms with Gasteiger partial charge in [0.1, 0.15) is 5.82 Å². The highest BCUT2D eigenvalue weighted by atomic mass is 35.5. The minimum Gasteiger partial charge on any atom is -0.383 e. The number of hydrogen-bond acceptors (Lipinski definition) is 6. The predicted octanol–water partition coefficient (Wildman–Crippen LogP) is 4.78. The number of thiophene rings is 1. The molecule has 1 fully saturated rings. The number of nitrogens with one attached hydrogen (secondary N) is 1. The molecule has 31 heavy (non-hydrogen) atoms. The second-order valence-corrected chi connectivity index (χ2v) is 9.98. The molecule has 2 aromatic heterocycles. The fraction of sp³-hybridized carbons (Fsp3) is 0.417. The third-order valence-corrected chi connectivity index (χ3v) is 7.71. The number of rotatable bonds is 8. The van der Waals surface area contributed by atoms with Crippen LogP contribution in [0.25, 0.3) is 10.8 Å². The van der Waals surface area contributed by atoms with E-state index in [0.29, 0.717) is 23.7 Å². The normalized spacial score (nSPS) is 15.5. The van der Waals surface area contributed by atoms with Crippen LogP contribution in [0.1, 0.15) is 39.4 Å². The van der Waals surface area contributed by atoms with Crippen molar-refractivity contribution in [3.63, 3.8) is 0 Å². The van der Waals surface area contributed by atoms with Crippen LogP contribution in [0.4, 0.5) is 5.82 Å². The summed E-state index contributed by atoms with van der Waals surface area (Å²) in [5, 5.41) is 6.23. The molecule has 0 atom stereocenters. The van der Waals surface area contributed by atoms with Crippen LogP contribution in [0, 0.1) is 5.92 Å². The molecule has 7 heteroatoms. The molecule has 5 nitrogen and oxygen atoms in total. The molecule has 1 aromatic carbocycles. The van der Waals surface area contributed by atoms with E-state index < -0.39 is 0 Å². The van der Waals surface area contributed by atoms with Gasteiger partial charge in [-0.15, -0.1) is 11.3 Å². The summed E-state index contributed by atoms with van der Waals surface area (Å²) in [6.07, 6.45) is 5.34. The molecule has 1 aliphatic rings. The number of carbonyl (C=O) groups is 1. The summed E-state index contributed by atoms with van der Waals surface area (Å²) >= 11 is 7.94. The second kappa shape index (κ2) is 10.1. The first kappa shape index (κ1) is 22.2. The minimum atomic E-state index is 0.141.